The van der Waals surface area contributed by atoms with Gasteiger partial charge in [-0.2, -0.15) is 9.78 Å². The summed E-state index contributed by atoms with van der Waals surface area (Å²) in [6.07, 6.45) is 4.67. The third kappa shape index (κ3) is 5.37. The molecule has 2 aromatic carbocycles. The second-order valence-corrected chi connectivity index (χ2v) is 11.0. The van der Waals surface area contributed by atoms with Crippen molar-refractivity contribution in [1.29, 1.82) is 0 Å². The Kier molecular flexibility index (Phi) is 7.95. The average Bonchev–Trinajstić information content (AvgIpc) is 3.46. The minimum Gasteiger partial charge on any atom is -0.488 e. The molecule has 6 rings (SSSR count). The minimum absolute atomic E-state index is 0.0274. The molecule has 1 unspecified atom stereocenters. The second-order valence-electron chi connectivity index (χ2n) is 11.0. The zero-order valence-electron chi connectivity index (χ0n) is 24.3. The van der Waals surface area contributed by atoms with Crippen molar-refractivity contribution in [3.05, 3.63) is 88.1 Å². The molecule has 42 heavy (non-hydrogen) atoms. The van der Waals surface area contributed by atoms with E-state index in [-0.39, 0.29) is 11.4 Å². The highest BCUT2D eigenvalue weighted by Crippen LogP contribution is 2.35. The summed E-state index contributed by atoms with van der Waals surface area (Å²) in [6.45, 7) is 8.46. The van der Waals surface area contributed by atoms with E-state index in [4.69, 9.17) is 19.2 Å². The molecule has 0 saturated carbocycles. The van der Waals surface area contributed by atoms with Gasteiger partial charge in [-0.3, -0.25) is 4.90 Å². The number of fused-ring (bicyclic) bond motifs is 1. The number of pyridine rings is 1. The average molecular weight is 569 g/mol. The Bertz CT molecular complexity index is 1610. The van der Waals surface area contributed by atoms with Crippen molar-refractivity contribution in [2.45, 2.75) is 52.3 Å². The van der Waals surface area contributed by atoms with E-state index in [0.29, 0.717) is 24.2 Å². The van der Waals surface area contributed by atoms with E-state index < -0.39 is 5.97 Å². The van der Waals surface area contributed by atoms with E-state index in [1.807, 2.05) is 37.3 Å². The Morgan fingerprint density at radius 2 is 2.00 bits per heavy atom. The fourth-order valence-electron chi connectivity index (χ4n) is 6.12. The van der Waals surface area contributed by atoms with Gasteiger partial charge in [0.15, 0.2) is 5.82 Å². The van der Waals surface area contributed by atoms with E-state index in [0.717, 1.165) is 56.0 Å². The molecule has 1 saturated heterocycles. The van der Waals surface area contributed by atoms with E-state index >= 15 is 0 Å². The van der Waals surface area contributed by atoms with Gasteiger partial charge in [0, 0.05) is 31.3 Å². The van der Waals surface area contributed by atoms with Crippen LogP contribution in [0.15, 0.2) is 54.7 Å². The molecule has 0 spiro atoms. The number of methoxy groups -OCH3 is 1. The van der Waals surface area contributed by atoms with E-state index in [1.165, 1.54) is 46.7 Å². The number of carbonyl (C=O) groups is 1. The van der Waals surface area contributed by atoms with Crippen LogP contribution < -0.4 is 9.47 Å². The molecule has 2 aliphatic heterocycles. The van der Waals surface area contributed by atoms with Crippen molar-refractivity contribution >= 4 is 5.97 Å². The molecule has 9 nitrogen and oxygen atoms in total. The van der Waals surface area contributed by atoms with Crippen molar-refractivity contribution in [3.8, 4) is 28.7 Å². The van der Waals surface area contributed by atoms with Gasteiger partial charge in [0.05, 0.1) is 25.6 Å². The molecule has 1 N–H and O–H groups in total. The monoisotopic (exact) mass is 568 g/mol. The van der Waals surface area contributed by atoms with Gasteiger partial charge in [0.2, 0.25) is 5.88 Å². The van der Waals surface area contributed by atoms with Crippen LogP contribution in [0.1, 0.15) is 51.0 Å². The highest BCUT2D eigenvalue weighted by Gasteiger charge is 2.27. The molecular formula is C33H36N4O5. The summed E-state index contributed by atoms with van der Waals surface area (Å²) >= 11 is 0. The number of aryl methyl sites for hydroxylation is 1. The van der Waals surface area contributed by atoms with Gasteiger partial charge in [-0.25, -0.2) is 9.78 Å². The summed E-state index contributed by atoms with van der Waals surface area (Å²) in [6, 6.07) is 16.5. The van der Waals surface area contributed by atoms with Crippen LogP contribution in [-0.2, 0) is 24.3 Å². The Morgan fingerprint density at radius 3 is 2.79 bits per heavy atom. The number of carboxylic acids is 1. The lowest BCUT2D eigenvalue weighted by Gasteiger charge is -2.38. The van der Waals surface area contributed by atoms with Crippen molar-refractivity contribution in [2.24, 2.45) is 0 Å². The molecule has 0 radical (unpaired) electrons. The predicted octanol–water partition coefficient (Wildman–Crippen LogP) is 5.37. The number of rotatable bonds is 8. The summed E-state index contributed by atoms with van der Waals surface area (Å²) in [4.78, 5) is 19.0. The fraction of sp³-hybridized carbons (Fsp3) is 0.364. The fourth-order valence-corrected chi connectivity index (χ4v) is 6.12. The number of carboxylic acid groups (broad SMARTS) is 1. The summed E-state index contributed by atoms with van der Waals surface area (Å²) in [5, 5.41) is 13.7. The molecule has 0 amide bonds. The molecule has 1 fully saturated rings. The van der Waals surface area contributed by atoms with Gasteiger partial charge in [-0.05, 0) is 79.1 Å². The first-order valence-electron chi connectivity index (χ1n) is 14.4. The third-order valence-electron chi connectivity index (χ3n) is 8.44. The van der Waals surface area contributed by atoms with Gasteiger partial charge in [-0.15, -0.1) is 0 Å². The lowest BCUT2D eigenvalue weighted by Crippen LogP contribution is -2.44. The number of aromatic carboxylic acids is 1. The summed E-state index contributed by atoms with van der Waals surface area (Å²) in [5.74, 6) is 0.216. The van der Waals surface area contributed by atoms with Crippen LogP contribution in [0.25, 0.3) is 17.1 Å². The van der Waals surface area contributed by atoms with E-state index in [9.17, 15) is 9.90 Å². The summed E-state index contributed by atoms with van der Waals surface area (Å²) < 4.78 is 19.0. The van der Waals surface area contributed by atoms with Gasteiger partial charge < -0.3 is 19.3 Å². The number of benzene rings is 2. The summed E-state index contributed by atoms with van der Waals surface area (Å²) in [5.41, 5.74) is 7.86. The third-order valence-corrected chi connectivity index (χ3v) is 8.44. The molecule has 2 aromatic heterocycles. The first-order chi connectivity index (χ1) is 20.4. The summed E-state index contributed by atoms with van der Waals surface area (Å²) in [7, 11) is 1.42. The normalized spacial score (nSPS) is 17.1. The predicted molar refractivity (Wildman–Crippen MR) is 159 cm³/mol. The standard InChI is InChI=1S/C33H36N4O5/c1-21-7-4-9-27(29-10-5-11-30(35-29)37-32(40-3)28(17-34-37)33(38)39)31(21)42-19-24-13-12-23-18-36(15-14-26(23)22(24)2)25-8-6-16-41-20-25/h4-5,7,9-13,17,25H,6,8,14-16,18-20H2,1-3H3,(H,38,39). The Morgan fingerprint density at radius 1 is 1.14 bits per heavy atom. The highest BCUT2D eigenvalue weighted by molar-refractivity contribution is 5.90. The minimum atomic E-state index is -1.11. The van der Waals surface area contributed by atoms with Crippen LogP contribution in [0.3, 0.4) is 0 Å². The number of hydrogen-bond donors (Lipinski definition) is 1. The zero-order valence-corrected chi connectivity index (χ0v) is 24.3. The number of para-hydroxylation sites is 1. The molecule has 218 valence electrons. The number of nitrogens with zero attached hydrogens (tertiary/aromatic N) is 4. The molecule has 0 bridgehead atoms. The number of ether oxygens (including phenoxy) is 3. The first kappa shape index (κ1) is 27.9. The Balaban J connectivity index is 1.24. The maximum Gasteiger partial charge on any atom is 0.342 e. The van der Waals surface area contributed by atoms with Crippen LogP contribution in [0.4, 0.5) is 0 Å². The van der Waals surface area contributed by atoms with Crippen molar-refractivity contribution in [2.75, 3.05) is 26.9 Å². The van der Waals surface area contributed by atoms with Crippen LogP contribution in [0.2, 0.25) is 0 Å². The quantitative estimate of drug-likeness (QED) is 0.303. The number of hydrogen-bond acceptors (Lipinski definition) is 7. The second kappa shape index (κ2) is 12.0. The Hall–Kier alpha value is -4.21. The smallest absolute Gasteiger partial charge is 0.342 e. The molecule has 0 aliphatic carbocycles. The largest absolute Gasteiger partial charge is 0.488 e. The molecule has 1 atom stereocenters. The lowest BCUT2D eigenvalue weighted by molar-refractivity contribution is 0.0125. The van der Waals surface area contributed by atoms with Gasteiger partial charge in [0.25, 0.3) is 0 Å². The van der Waals surface area contributed by atoms with Crippen molar-refractivity contribution < 1.29 is 24.1 Å². The lowest BCUT2D eigenvalue weighted by atomic mass is 9.91. The molecule has 2 aliphatic rings. The van der Waals surface area contributed by atoms with Crippen LogP contribution in [-0.4, -0.2) is 63.7 Å². The van der Waals surface area contributed by atoms with Gasteiger partial charge >= 0.3 is 5.97 Å². The van der Waals surface area contributed by atoms with Crippen molar-refractivity contribution in [3.63, 3.8) is 0 Å². The molecule has 9 heteroatoms. The van der Waals surface area contributed by atoms with Gasteiger partial charge in [-0.1, -0.05) is 30.3 Å². The molecular weight excluding hydrogens is 532 g/mol. The van der Waals surface area contributed by atoms with Gasteiger partial charge in [0.1, 0.15) is 17.9 Å². The topological polar surface area (TPSA) is 98.9 Å². The van der Waals surface area contributed by atoms with Crippen LogP contribution >= 0.6 is 0 Å². The number of aromatic nitrogens is 3. The SMILES string of the molecule is COc1c(C(=O)O)cnn1-c1cccc(-c2cccc(C)c2OCc2ccc3c(c2C)CCN(C2CCCOC2)C3)n1. The zero-order chi connectivity index (χ0) is 29.2. The molecule has 4 heterocycles. The molecule has 4 aromatic rings. The first-order valence-corrected chi connectivity index (χ1v) is 14.4. The van der Waals surface area contributed by atoms with E-state index in [1.54, 1.807) is 6.07 Å². The highest BCUT2D eigenvalue weighted by atomic mass is 16.5. The Labute approximate surface area is 245 Å². The maximum atomic E-state index is 11.6. The van der Waals surface area contributed by atoms with Crippen LogP contribution in [0.5, 0.6) is 11.6 Å². The van der Waals surface area contributed by atoms with Crippen LogP contribution in [0, 0.1) is 13.8 Å². The maximum absolute atomic E-state index is 11.6. The van der Waals surface area contributed by atoms with E-state index in [2.05, 4.69) is 29.1 Å². The van der Waals surface area contributed by atoms with Crippen molar-refractivity contribution in [1.82, 2.24) is 19.7 Å².